The Labute approximate surface area is 111 Å². The van der Waals surface area contributed by atoms with Crippen molar-refractivity contribution in [3.63, 3.8) is 0 Å². The minimum Gasteiger partial charge on any atom is -0.466 e. The lowest BCUT2D eigenvalue weighted by molar-refractivity contribution is -0.143. The van der Waals surface area contributed by atoms with Crippen LogP contribution in [0.15, 0.2) is 24.4 Å². The normalized spacial score (nSPS) is 10.8. The lowest BCUT2D eigenvalue weighted by Crippen LogP contribution is -2.04. The largest absolute Gasteiger partial charge is 0.466 e. The number of aryl methyl sites for hydroxylation is 1. The number of hydrogen-bond donors (Lipinski definition) is 1. The Bertz CT molecular complexity index is 548. The number of halogens is 1. The predicted molar refractivity (Wildman–Crippen MR) is 72.9 cm³/mol. The number of ether oxygens (including phenoxy) is 1. The Kier molecular flexibility index (Phi) is 4.26. The molecule has 18 heavy (non-hydrogen) atoms. The van der Waals surface area contributed by atoms with Gasteiger partial charge in [0.15, 0.2) is 0 Å². The summed E-state index contributed by atoms with van der Waals surface area (Å²) in [4.78, 5) is 14.2. The van der Waals surface area contributed by atoms with Gasteiger partial charge in [0.2, 0.25) is 0 Å². The van der Waals surface area contributed by atoms with Gasteiger partial charge in [0.25, 0.3) is 0 Å². The summed E-state index contributed by atoms with van der Waals surface area (Å²) in [6.07, 6.45) is 4.12. The Morgan fingerprint density at radius 1 is 1.44 bits per heavy atom. The topological polar surface area (TPSA) is 42.1 Å². The minimum atomic E-state index is -0.142. The molecule has 0 radical (unpaired) electrons. The zero-order valence-corrected chi connectivity index (χ0v) is 11.1. The van der Waals surface area contributed by atoms with Crippen molar-refractivity contribution in [1.82, 2.24) is 4.98 Å². The first-order valence-electron chi connectivity index (χ1n) is 6.12. The van der Waals surface area contributed by atoms with Gasteiger partial charge in [-0.05, 0) is 36.6 Å². The number of hydrogen-bond acceptors (Lipinski definition) is 2. The van der Waals surface area contributed by atoms with Crippen LogP contribution in [0.1, 0.15) is 25.3 Å². The van der Waals surface area contributed by atoms with Crippen molar-refractivity contribution < 1.29 is 9.53 Å². The van der Waals surface area contributed by atoms with Crippen LogP contribution in [0, 0.1) is 0 Å². The van der Waals surface area contributed by atoms with Crippen molar-refractivity contribution in [3.05, 3.63) is 35.0 Å². The third-order valence-corrected chi connectivity index (χ3v) is 3.11. The van der Waals surface area contributed by atoms with E-state index >= 15 is 0 Å². The molecule has 4 heteroatoms. The zero-order chi connectivity index (χ0) is 13.0. The smallest absolute Gasteiger partial charge is 0.305 e. The Balaban J connectivity index is 1.95. The van der Waals surface area contributed by atoms with Gasteiger partial charge < -0.3 is 9.72 Å². The molecule has 96 valence electrons. The van der Waals surface area contributed by atoms with Gasteiger partial charge in [0.05, 0.1) is 6.61 Å². The van der Waals surface area contributed by atoms with E-state index in [1.807, 2.05) is 24.4 Å². The lowest BCUT2D eigenvalue weighted by Gasteiger charge is -2.02. The van der Waals surface area contributed by atoms with Crippen molar-refractivity contribution in [2.75, 3.05) is 6.61 Å². The fourth-order valence-corrected chi connectivity index (χ4v) is 2.08. The third kappa shape index (κ3) is 3.05. The standard InChI is InChI=1S/C14H16ClNO2/c1-2-14(17)18-7-3-4-10-9-16-13-6-5-11(15)8-12(10)13/h5-6,8-9,16H,2-4,7H2,1H3. The molecule has 0 saturated heterocycles. The average molecular weight is 266 g/mol. The molecule has 0 bridgehead atoms. The number of carbonyl (C=O) groups excluding carboxylic acids is 1. The van der Waals surface area contributed by atoms with Crippen LogP contribution in [0.3, 0.4) is 0 Å². The summed E-state index contributed by atoms with van der Waals surface area (Å²) in [6, 6.07) is 5.80. The minimum absolute atomic E-state index is 0.142. The van der Waals surface area contributed by atoms with E-state index in [4.69, 9.17) is 16.3 Å². The third-order valence-electron chi connectivity index (χ3n) is 2.87. The first kappa shape index (κ1) is 13.0. The van der Waals surface area contributed by atoms with Gasteiger partial charge in [-0.3, -0.25) is 4.79 Å². The van der Waals surface area contributed by atoms with Crippen molar-refractivity contribution >= 4 is 28.5 Å². The molecular formula is C14H16ClNO2. The van der Waals surface area contributed by atoms with Gasteiger partial charge in [-0.15, -0.1) is 0 Å². The van der Waals surface area contributed by atoms with Crippen molar-refractivity contribution in [2.45, 2.75) is 26.2 Å². The molecule has 0 spiro atoms. The number of H-pyrrole nitrogens is 1. The summed E-state index contributed by atoms with van der Waals surface area (Å²) < 4.78 is 5.05. The molecule has 0 aliphatic carbocycles. The second kappa shape index (κ2) is 5.91. The molecule has 0 aliphatic rings. The fraction of sp³-hybridized carbons (Fsp3) is 0.357. The molecule has 3 nitrogen and oxygen atoms in total. The number of rotatable bonds is 5. The van der Waals surface area contributed by atoms with Crippen LogP contribution < -0.4 is 0 Å². The number of benzene rings is 1. The highest BCUT2D eigenvalue weighted by molar-refractivity contribution is 6.31. The van der Waals surface area contributed by atoms with Gasteiger partial charge in [-0.25, -0.2) is 0 Å². The Morgan fingerprint density at radius 2 is 2.28 bits per heavy atom. The molecule has 0 saturated carbocycles. The maximum Gasteiger partial charge on any atom is 0.305 e. The molecule has 0 atom stereocenters. The quantitative estimate of drug-likeness (QED) is 0.661. The van der Waals surface area contributed by atoms with Crippen molar-refractivity contribution in [1.29, 1.82) is 0 Å². The van der Waals surface area contributed by atoms with Crippen LogP contribution in [0.5, 0.6) is 0 Å². The molecule has 0 unspecified atom stereocenters. The number of esters is 1. The summed E-state index contributed by atoms with van der Waals surface area (Å²) in [6.45, 7) is 2.27. The molecule has 0 fully saturated rings. The van der Waals surface area contributed by atoms with E-state index in [-0.39, 0.29) is 5.97 Å². The first-order valence-corrected chi connectivity index (χ1v) is 6.49. The molecule has 0 aliphatic heterocycles. The highest BCUT2D eigenvalue weighted by atomic mass is 35.5. The zero-order valence-electron chi connectivity index (χ0n) is 10.3. The molecule has 1 aromatic carbocycles. The summed E-state index contributed by atoms with van der Waals surface area (Å²) in [5, 5.41) is 1.88. The maximum atomic E-state index is 11.0. The predicted octanol–water partition coefficient (Wildman–Crippen LogP) is 3.71. The van der Waals surface area contributed by atoms with Gasteiger partial charge in [-0.2, -0.15) is 0 Å². The van der Waals surface area contributed by atoms with Crippen LogP contribution in [0.2, 0.25) is 5.02 Å². The van der Waals surface area contributed by atoms with Gasteiger partial charge >= 0.3 is 5.97 Å². The number of nitrogens with one attached hydrogen (secondary N) is 1. The number of fused-ring (bicyclic) bond motifs is 1. The van der Waals surface area contributed by atoms with Crippen LogP contribution in [0.25, 0.3) is 10.9 Å². The van der Waals surface area contributed by atoms with Crippen LogP contribution in [0.4, 0.5) is 0 Å². The molecule has 1 heterocycles. The number of aromatic nitrogens is 1. The molecule has 2 aromatic rings. The SMILES string of the molecule is CCC(=O)OCCCc1c[nH]c2ccc(Cl)cc12. The van der Waals surface area contributed by atoms with Gasteiger partial charge in [-0.1, -0.05) is 18.5 Å². The fourth-order valence-electron chi connectivity index (χ4n) is 1.91. The number of aromatic amines is 1. The summed E-state index contributed by atoms with van der Waals surface area (Å²) in [5.74, 6) is -0.142. The summed E-state index contributed by atoms with van der Waals surface area (Å²) in [5.41, 5.74) is 2.29. The summed E-state index contributed by atoms with van der Waals surface area (Å²) in [7, 11) is 0. The van der Waals surface area contributed by atoms with Crippen molar-refractivity contribution in [2.24, 2.45) is 0 Å². The van der Waals surface area contributed by atoms with E-state index < -0.39 is 0 Å². The Morgan fingerprint density at radius 3 is 3.06 bits per heavy atom. The van der Waals surface area contributed by atoms with E-state index in [2.05, 4.69) is 4.98 Å². The Hall–Kier alpha value is -1.48. The second-order valence-electron chi connectivity index (χ2n) is 4.18. The maximum absolute atomic E-state index is 11.0. The molecule has 1 aromatic heterocycles. The van der Waals surface area contributed by atoms with Gasteiger partial charge in [0.1, 0.15) is 0 Å². The van der Waals surface area contributed by atoms with Crippen LogP contribution >= 0.6 is 11.6 Å². The van der Waals surface area contributed by atoms with E-state index in [1.54, 1.807) is 6.92 Å². The highest BCUT2D eigenvalue weighted by Crippen LogP contribution is 2.23. The molecule has 2 rings (SSSR count). The lowest BCUT2D eigenvalue weighted by atomic mass is 10.1. The van der Waals surface area contributed by atoms with Gasteiger partial charge in [0, 0.05) is 28.5 Å². The van der Waals surface area contributed by atoms with E-state index in [1.165, 1.54) is 5.56 Å². The average Bonchev–Trinajstić information content (AvgIpc) is 2.77. The van der Waals surface area contributed by atoms with Crippen LogP contribution in [-0.2, 0) is 16.0 Å². The molecule has 1 N–H and O–H groups in total. The van der Waals surface area contributed by atoms with Crippen LogP contribution in [-0.4, -0.2) is 17.6 Å². The summed E-state index contributed by atoms with van der Waals surface area (Å²) >= 11 is 5.99. The highest BCUT2D eigenvalue weighted by Gasteiger charge is 2.05. The number of carbonyl (C=O) groups is 1. The van der Waals surface area contributed by atoms with Crippen molar-refractivity contribution in [3.8, 4) is 0 Å². The van der Waals surface area contributed by atoms with E-state index in [9.17, 15) is 4.79 Å². The van der Waals surface area contributed by atoms with E-state index in [0.29, 0.717) is 13.0 Å². The molecule has 0 amide bonds. The molecular weight excluding hydrogens is 250 g/mol. The second-order valence-corrected chi connectivity index (χ2v) is 4.62. The van der Waals surface area contributed by atoms with E-state index in [0.717, 1.165) is 28.8 Å². The first-order chi connectivity index (χ1) is 8.70. The monoisotopic (exact) mass is 265 g/mol.